The molecule has 0 N–H and O–H groups in total. The van der Waals surface area contributed by atoms with E-state index in [9.17, 15) is 0 Å². The van der Waals surface area contributed by atoms with E-state index in [1.165, 1.54) is 134 Å². The van der Waals surface area contributed by atoms with Gasteiger partial charge in [0.1, 0.15) is 0 Å². The van der Waals surface area contributed by atoms with Crippen LogP contribution in [0.1, 0.15) is 117 Å². The van der Waals surface area contributed by atoms with E-state index in [-0.39, 0.29) is 0 Å². The highest BCUT2D eigenvalue weighted by molar-refractivity contribution is 5.91. The molecule has 4 aromatic rings. The summed E-state index contributed by atoms with van der Waals surface area (Å²) in [4.78, 5) is 2.66. The smallest absolute Gasteiger partial charge is 0.0526 e. The van der Waals surface area contributed by atoms with Gasteiger partial charge in [-0.3, -0.25) is 0 Å². The predicted molar refractivity (Wildman–Crippen MR) is 206 cm³/mol. The van der Waals surface area contributed by atoms with Gasteiger partial charge in [0.15, 0.2) is 0 Å². The standard InChI is InChI=1S/C45H59N/c1-22-25(4)31(10)41(32(11)26(22)5)20-21-42-33(12)39(18)45(40(19)34(42)13)46(43-35(14)27(6)23(2)28(7)36(43)15)44-37(16)29(8)24(3)30(9)38(44)17/h20-21H,1-19H3/b21-20+. The Bertz CT molecular complexity index is 1770. The maximum Gasteiger partial charge on any atom is 0.0526 e. The molecule has 0 saturated heterocycles. The molecule has 0 spiro atoms. The Kier molecular flexibility index (Phi) is 9.63. The first-order valence-electron chi connectivity index (χ1n) is 17.1. The number of hydrogen-bond donors (Lipinski definition) is 0. The first-order chi connectivity index (χ1) is 21.3. The van der Waals surface area contributed by atoms with Crippen molar-refractivity contribution in [2.45, 2.75) is 132 Å². The zero-order chi connectivity index (χ0) is 34.8. The summed E-state index contributed by atoms with van der Waals surface area (Å²) in [5.41, 5.74) is 32.9. The van der Waals surface area contributed by atoms with Crippen LogP contribution in [0.15, 0.2) is 0 Å². The Labute approximate surface area is 281 Å². The summed E-state index contributed by atoms with van der Waals surface area (Å²) in [6.45, 7) is 43.7. The molecule has 0 heterocycles. The Hall–Kier alpha value is -3.58. The second-order valence-electron chi connectivity index (χ2n) is 14.4. The Morgan fingerprint density at radius 2 is 0.370 bits per heavy atom. The number of hydrogen-bond acceptors (Lipinski definition) is 1. The van der Waals surface area contributed by atoms with Crippen molar-refractivity contribution in [1.29, 1.82) is 0 Å². The summed E-state index contributed by atoms with van der Waals surface area (Å²) in [5.74, 6) is 0. The van der Waals surface area contributed by atoms with Crippen molar-refractivity contribution >= 4 is 29.2 Å². The van der Waals surface area contributed by atoms with Gasteiger partial charge in [-0.05, 0) is 248 Å². The van der Waals surface area contributed by atoms with Gasteiger partial charge in [0.25, 0.3) is 0 Å². The molecule has 0 aliphatic rings. The zero-order valence-corrected chi connectivity index (χ0v) is 32.6. The fraction of sp³-hybridized carbons (Fsp3) is 0.422. The lowest BCUT2D eigenvalue weighted by molar-refractivity contribution is 1.07. The molecule has 0 amide bonds. The molecule has 0 bridgehead atoms. The third kappa shape index (κ3) is 5.25. The third-order valence-electron chi connectivity index (χ3n) is 12.7. The fourth-order valence-electron chi connectivity index (χ4n) is 7.82. The molecule has 4 aromatic carbocycles. The lowest BCUT2D eigenvalue weighted by Crippen LogP contribution is -2.21. The molecule has 0 aliphatic carbocycles. The summed E-state index contributed by atoms with van der Waals surface area (Å²) in [7, 11) is 0. The first-order valence-corrected chi connectivity index (χ1v) is 17.1. The minimum Gasteiger partial charge on any atom is -0.309 e. The highest BCUT2D eigenvalue weighted by Crippen LogP contribution is 2.49. The van der Waals surface area contributed by atoms with Crippen LogP contribution in [0.3, 0.4) is 0 Å². The topological polar surface area (TPSA) is 3.24 Å². The second kappa shape index (κ2) is 12.6. The van der Waals surface area contributed by atoms with E-state index < -0.39 is 0 Å². The van der Waals surface area contributed by atoms with Gasteiger partial charge in [0.05, 0.1) is 17.1 Å². The maximum absolute atomic E-state index is 2.66. The summed E-state index contributed by atoms with van der Waals surface area (Å²) in [6, 6.07) is 0. The van der Waals surface area contributed by atoms with E-state index >= 15 is 0 Å². The van der Waals surface area contributed by atoms with Crippen molar-refractivity contribution in [3.63, 3.8) is 0 Å². The summed E-state index contributed by atoms with van der Waals surface area (Å²) >= 11 is 0. The van der Waals surface area contributed by atoms with Crippen molar-refractivity contribution in [3.8, 4) is 0 Å². The van der Waals surface area contributed by atoms with Gasteiger partial charge in [-0.2, -0.15) is 0 Å². The second-order valence-corrected chi connectivity index (χ2v) is 14.4. The van der Waals surface area contributed by atoms with Crippen LogP contribution in [0.4, 0.5) is 17.1 Å². The van der Waals surface area contributed by atoms with Crippen LogP contribution in [0.5, 0.6) is 0 Å². The molecule has 0 aliphatic heterocycles. The molecule has 4 rings (SSSR count). The van der Waals surface area contributed by atoms with Crippen molar-refractivity contribution in [2.24, 2.45) is 0 Å². The largest absolute Gasteiger partial charge is 0.309 e. The molecule has 0 radical (unpaired) electrons. The SMILES string of the molecule is Cc1c(C)c(C)c(/C=C/c2c(C)c(C)c(N(c3c(C)c(C)c(C)c(C)c3C)c3c(C)c(C)c(C)c(C)c3C)c(C)c2C)c(C)c1C. The number of benzene rings is 4. The molecular weight excluding hydrogens is 555 g/mol. The molecule has 0 unspecified atom stereocenters. The van der Waals surface area contributed by atoms with Crippen LogP contribution < -0.4 is 4.90 Å². The molecule has 0 atom stereocenters. The predicted octanol–water partition coefficient (Wildman–Crippen LogP) is 13.2. The zero-order valence-electron chi connectivity index (χ0n) is 32.6. The van der Waals surface area contributed by atoms with E-state index in [0.717, 1.165) is 0 Å². The van der Waals surface area contributed by atoms with Gasteiger partial charge in [0.2, 0.25) is 0 Å². The molecule has 244 valence electrons. The molecule has 1 heteroatoms. The number of nitrogens with zero attached hydrogens (tertiary/aromatic N) is 1. The monoisotopic (exact) mass is 613 g/mol. The van der Waals surface area contributed by atoms with E-state index in [2.05, 4.69) is 149 Å². The van der Waals surface area contributed by atoms with Crippen LogP contribution in [0, 0.1) is 132 Å². The summed E-state index contributed by atoms with van der Waals surface area (Å²) < 4.78 is 0. The van der Waals surface area contributed by atoms with Gasteiger partial charge in [0, 0.05) is 0 Å². The van der Waals surface area contributed by atoms with Crippen LogP contribution >= 0.6 is 0 Å². The van der Waals surface area contributed by atoms with Gasteiger partial charge in [-0.1, -0.05) is 12.2 Å². The Balaban J connectivity index is 2.14. The quantitative estimate of drug-likeness (QED) is 0.202. The normalized spacial score (nSPS) is 11.7. The third-order valence-corrected chi connectivity index (χ3v) is 12.7. The molecule has 1 nitrogen and oxygen atoms in total. The van der Waals surface area contributed by atoms with Crippen molar-refractivity contribution < 1.29 is 0 Å². The molecule has 46 heavy (non-hydrogen) atoms. The average Bonchev–Trinajstić information content (AvgIpc) is 3.03. The van der Waals surface area contributed by atoms with E-state index in [4.69, 9.17) is 0 Å². The molecular formula is C45H59N. The maximum atomic E-state index is 2.66. The van der Waals surface area contributed by atoms with Gasteiger partial charge in [-0.25, -0.2) is 0 Å². The van der Waals surface area contributed by atoms with Crippen LogP contribution in [0.25, 0.3) is 12.2 Å². The van der Waals surface area contributed by atoms with Gasteiger partial charge >= 0.3 is 0 Å². The summed E-state index contributed by atoms with van der Waals surface area (Å²) in [5, 5.41) is 0. The Morgan fingerprint density at radius 3 is 0.609 bits per heavy atom. The first kappa shape index (κ1) is 35.3. The number of rotatable bonds is 5. The van der Waals surface area contributed by atoms with E-state index in [1.807, 2.05) is 0 Å². The molecule has 0 saturated carbocycles. The molecule has 0 fully saturated rings. The van der Waals surface area contributed by atoms with Crippen molar-refractivity contribution in [2.75, 3.05) is 4.90 Å². The van der Waals surface area contributed by atoms with E-state index in [0.29, 0.717) is 0 Å². The Morgan fingerprint density at radius 1 is 0.217 bits per heavy atom. The van der Waals surface area contributed by atoms with Crippen molar-refractivity contribution in [1.82, 2.24) is 0 Å². The highest BCUT2D eigenvalue weighted by Gasteiger charge is 2.29. The van der Waals surface area contributed by atoms with Gasteiger partial charge < -0.3 is 4.90 Å². The fourth-order valence-corrected chi connectivity index (χ4v) is 7.82. The highest BCUT2D eigenvalue weighted by atomic mass is 15.2. The number of anilines is 3. The molecule has 0 aromatic heterocycles. The average molecular weight is 614 g/mol. The lowest BCUT2D eigenvalue weighted by Gasteiger charge is -2.37. The van der Waals surface area contributed by atoms with E-state index in [1.54, 1.807) is 0 Å². The van der Waals surface area contributed by atoms with Crippen molar-refractivity contribution in [3.05, 3.63) is 117 Å². The minimum absolute atomic E-state index is 1.32. The summed E-state index contributed by atoms with van der Waals surface area (Å²) in [6.07, 6.45) is 4.76. The van der Waals surface area contributed by atoms with Crippen LogP contribution in [0.2, 0.25) is 0 Å². The van der Waals surface area contributed by atoms with Crippen LogP contribution in [-0.4, -0.2) is 0 Å². The lowest BCUT2D eigenvalue weighted by atomic mass is 9.85. The van der Waals surface area contributed by atoms with Crippen LogP contribution in [-0.2, 0) is 0 Å². The minimum atomic E-state index is 1.32. The van der Waals surface area contributed by atoms with Gasteiger partial charge in [-0.15, -0.1) is 0 Å².